The SMILES string of the molecule is CN=Cc1ncc(N2C(=O)C3(CCC3)N(c3ccc(CN4CCN(C(=O)OC(C)(C)C)CC4)cc3)C2=S)cc1C(F)(F)F. The van der Waals surface area contributed by atoms with Crippen molar-refractivity contribution >= 4 is 46.9 Å². The third-order valence-electron chi connectivity index (χ3n) is 7.94. The van der Waals surface area contributed by atoms with E-state index in [1.165, 1.54) is 18.1 Å². The maximum atomic E-state index is 13.8. The van der Waals surface area contributed by atoms with E-state index in [-0.39, 0.29) is 28.5 Å². The van der Waals surface area contributed by atoms with Crippen molar-refractivity contribution in [3.63, 3.8) is 0 Å². The molecule has 230 valence electrons. The molecular weight excluding hydrogens is 581 g/mol. The number of aliphatic imine (C=N–C) groups is 1. The fourth-order valence-corrected chi connectivity index (χ4v) is 6.14. The van der Waals surface area contributed by atoms with Crippen LogP contribution in [0.3, 0.4) is 0 Å². The van der Waals surface area contributed by atoms with Crippen LogP contribution in [0.5, 0.6) is 0 Å². The summed E-state index contributed by atoms with van der Waals surface area (Å²) >= 11 is 5.75. The Balaban J connectivity index is 1.31. The predicted octanol–water partition coefficient (Wildman–Crippen LogP) is 5.26. The molecule has 13 heteroatoms. The highest BCUT2D eigenvalue weighted by atomic mass is 32.1. The Morgan fingerprint density at radius 2 is 1.74 bits per heavy atom. The van der Waals surface area contributed by atoms with Gasteiger partial charge < -0.3 is 14.5 Å². The number of pyridine rings is 1. The van der Waals surface area contributed by atoms with Crippen molar-refractivity contribution in [1.82, 2.24) is 14.8 Å². The van der Waals surface area contributed by atoms with Gasteiger partial charge in [0.15, 0.2) is 5.11 Å². The first-order valence-corrected chi connectivity index (χ1v) is 14.6. The molecule has 0 N–H and O–H groups in total. The van der Waals surface area contributed by atoms with Crippen molar-refractivity contribution in [2.45, 2.75) is 63.9 Å². The van der Waals surface area contributed by atoms with Crippen molar-refractivity contribution in [1.29, 1.82) is 0 Å². The van der Waals surface area contributed by atoms with E-state index in [0.29, 0.717) is 51.3 Å². The second kappa shape index (κ2) is 11.5. The van der Waals surface area contributed by atoms with Crippen LogP contribution in [-0.2, 0) is 22.3 Å². The number of hydrogen-bond donors (Lipinski definition) is 0. The molecule has 1 saturated carbocycles. The molecule has 2 saturated heterocycles. The lowest BCUT2D eigenvalue weighted by molar-refractivity contribution is -0.138. The molecule has 1 aromatic carbocycles. The fraction of sp³-hybridized carbons (Fsp3) is 0.500. The van der Waals surface area contributed by atoms with Gasteiger partial charge in [-0.3, -0.25) is 24.6 Å². The normalized spacial score (nSPS) is 19.5. The molecular formula is C30H35F3N6O3S. The lowest BCUT2D eigenvalue weighted by Gasteiger charge is -2.43. The van der Waals surface area contributed by atoms with E-state index in [0.717, 1.165) is 24.3 Å². The minimum absolute atomic E-state index is 0.0218. The molecule has 43 heavy (non-hydrogen) atoms. The molecule has 2 aliphatic heterocycles. The Morgan fingerprint density at radius 1 is 1.09 bits per heavy atom. The van der Waals surface area contributed by atoms with Gasteiger partial charge in [0.1, 0.15) is 11.1 Å². The van der Waals surface area contributed by atoms with Crippen LogP contribution in [0.2, 0.25) is 0 Å². The highest BCUT2D eigenvalue weighted by molar-refractivity contribution is 7.81. The standard InChI is InChI=1S/C30H35F3N6O3S/c1-28(2,3)42-27(41)37-14-12-36(13-15-37)19-20-6-8-21(9-7-20)39-26(43)38(25(40)29(39)10-5-11-29)22-16-23(30(31,32)33)24(18-34-4)35-17-22/h6-9,16-18H,5,10-15,19H2,1-4H3. The second-order valence-electron chi connectivity index (χ2n) is 12.1. The van der Waals surface area contributed by atoms with Crippen LogP contribution in [-0.4, -0.2) is 82.5 Å². The van der Waals surface area contributed by atoms with E-state index in [2.05, 4.69) is 14.9 Å². The summed E-state index contributed by atoms with van der Waals surface area (Å²) in [5.74, 6) is -0.345. The number of benzene rings is 1. The number of ether oxygens (including phenoxy) is 1. The number of carbonyl (C=O) groups is 2. The van der Waals surface area contributed by atoms with Crippen LogP contribution in [0.15, 0.2) is 41.5 Å². The molecule has 2 aromatic rings. The molecule has 3 aliphatic rings. The first-order valence-electron chi connectivity index (χ1n) is 14.2. The van der Waals surface area contributed by atoms with Gasteiger partial charge in [0.05, 0.1) is 23.1 Å². The molecule has 0 bridgehead atoms. The van der Waals surface area contributed by atoms with Gasteiger partial charge in [0.2, 0.25) is 0 Å². The van der Waals surface area contributed by atoms with Gasteiger partial charge in [0.25, 0.3) is 5.91 Å². The van der Waals surface area contributed by atoms with E-state index >= 15 is 0 Å². The highest BCUT2D eigenvalue weighted by Gasteiger charge is 2.59. The molecule has 5 rings (SSSR count). The number of anilines is 2. The van der Waals surface area contributed by atoms with Crippen LogP contribution in [0.4, 0.5) is 29.3 Å². The van der Waals surface area contributed by atoms with Crippen molar-refractivity contribution < 1.29 is 27.5 Å². The molecule has 1 spiro atoms. The molecule has 0 atom stereocenters. The third-order valence-corrected chi connectivity index (χ3v) is 8.30. The molecule has 1 aromatic heterocycles. The molecule has 1 aliphatic carbocycles. The monoisotopic (exact) mass is 616 g/mol. The highest BCUT2D eigenvalue weighted by Crippen LogP contribution is 2.48. The lowest BCUT2D eigenvalue weighted by atomic mass is 9.75. The lowest BCUT2D eigenvalue weighted by Crippen LogP contribution is -2.55. The fourth-order valence-electron chi connectivity index (χ4n) is 5.67. The van der Waals surface area contributed by atoms with Gasteiger partial charge in [-0.25, -0.2) is 4.79 Å². The van der Waals surface area contributed by atoms with Crippen molar-refractivity contribution in [3.05, 3.63) is 53.3 Å². The summed E-state index contributed by atoms with van der Waals surface area (Å²) < 4.78 is 47.0. The van der Waals surface area contributed by atoms with Gasteiger partial charge in [-0.05, 0) is 76.0 Å². The van der Waals surface area contributed by atoms with E-state index in [1.54, 1.807) is 9.80 Å². The number of thiocarbonyl (C=S) groups is 1. The van der Waals surface area contributed by atoms with Gasteiger partial charge in [-0.2, -0.15) is 13.2 Å². The van der Waals surface area contributed by atoms with Gasteiger partial charge in [-0.15, -0.1) is 0 Å². The zero-order valence-corrected chi connectivity index (χ0v) is 25.5. The Bertz CT molecular complexity index is 1430. The van der Waals surface area contributed by atoms with Gasteiger partial charge in [-0.1, -0.05) is 12.1 Å². The van der Waals surface area contributed by atoms with Crippen LogP contribution < -0.4 is 9.80 Å². The van der Waals surface area contributed by atoms with Crippen LogP contribution in [0, 0.1) is 0 Å². The number of carbonyl (C=O) groups excluding carboxylic acids is 2. The summed E-state index contributed by atoms with van der Waals surface area (Å²) in [7, 11) is 1.37. The van der Waals surface area contributed by atoms with E-state index < -0.39 is 22.9 Å². The smallest absolute Gasteiger partial charge is 0.418 e. The molecule has 3 heterocycles. The maximum absolute atomic E-state index is 13.8. The zero-order valence-electron chi connectivity index (χ0n) is 24.6. The first kappa shape index (κ1) is 30.9. The Morgan fingerprint density at radius 3 is 2.28 bits per heavy atom. The minimum atomic E-state index is -4.68. The van der Waals surface area contributed by atoms with Crippen molar-refractivity contribution in [2.75, 3.05) is 43.0 Å². The van der Waals surface area contributed by atoms with Crippen LogP contribution in [0.25, 0.3) is 0 Å². The summed E-state index contributed by atoms with van der Waals surface area (Å²) in [5, 5.41) is 0.127. The average molecular weight is 617 g/mol. The van der Waals surface area contributed by atoms with Crippen LogP contribution >= 0.6 is 12.2 Å². The number of amides is 2. The third kappa shape index (κ3) is 6.10. The average Bonchev–Trinajstić information content (AvgIpc) is 3.15. The maximum Gasteiger partial charge on any atom is 0.418 e. The Kier molecular flexibility index (Phi) is 8.25. The number of piperazine rings is 1. The molecule has 3 fully saturated rings. The first-order chi connectivity index (χ1) is 20.2. The summed E-state index contributed by atoms with van der Waals surface area (Å²) in [4.78, 5) is 40.7. The summed E-state index contributed by atoms with van der Waals surface area (Å²) in [6.07, 6.45) is -0.808. The molecule has 0 radical (unpaired) electrons. The number of halogens is 3. The largest absolute Gasteiger partial charge is 0.444 e. The predicted molar refractivity (Wildman–Crippen MR) is 161 cm³/mol. The topological polar surface area (TPSA) is 81.6 Å². The Labute approximate surface area is 254 Å². The molecule has 0 unspecified atom stereocenters. The zero-order chi connectivity index (χ0) is 31.2. The number of hydrogen-bond acceptors (Lipinski definition) is 7. The summed E-state index contributed by atoms with van der Waals surface area (Å²) in [6.45, 7) is 8.80. The van der Waals surface area contributed by atoms with Crippen molar-refractivity contribution in [2.24, 2.45) is 4.99 Å². The van der Waals surface area contributed by atoms with Crippen LogP contribution in [0.1, 0.15) is 56.9 Å². The molecule has 2 amide bonds. The van der Waals surface area contributed by atoms with E-state index in [4.69, 9.17) is 17.0 Å². The summed E-state index contributed by atoms with van der Waals surface area (Å²) in [5.41, 5.74) is -1.04. The van der Waals surface area contributed by atoms with Gasteiger partial charge in [0, 0.05) is 51.7 Å². The van der Waals surface area contributed by atoms with E-state index in [1.807, 2.05) is 45.0 Å². The van der Waals surface area contributed by atoms with Crippen molar-refractivity contribution in [3.8, 4) is 0 Å². The Hall–Kier alpha value is -3.58. The minimum Gasteiger partial charge on any atom is -0.444 e. The number of rotatable bonds is 5. The number of alkyl halides is 3. The summed E-state index contributed by atoms with van der Waals surface area (Å²) in [6, 6.07) is 8.65. The van der Waals surface area contributed by atoms with E-state index in [9.17, 15) is 22.8 Å². The number of nitrogens with zero attached hydrogens (tertiary/aromatic N) is 6. The second-order valence-corrected chi connectivity index (χ2v) is 12.4. The van der Waals surface area contributed by atoms with Gasteiger partial charge >= 0.3 is 12.3 Å². The molecule has 9 nitrogen and oxygen atoms in total. The quantitative estimate of drug-likeness (QED) is 0.335. The number of aromatic nitrogens is 1.